The second kappa shape index (κ2) is 8.97. The van der Waals surface area contributed by atoms with E-state index >= 15 is 0 Å². The highest BCUT2D eigenvalue weighted by Gasteiger charge is 2.23. The van der Waals surface area contributed by atoms with Gasteiger partial charge in [0.05, 0.1) is 12.3 Å². The third-order valence-corrected chi connectivity index (χ3v) is 4.43. The number of nitrogens with two attached hydrogens (primary N) is 1. The number of primary amides is 1. The maximum Gasteiger partial charge on any atom is 0.237 e. The molecule has 25 heavy (non-hydrogen) atoms. The predicted octanol–water partition coefficient (Wildman–Crippen LogP) is -0.566. The molecule has 1 radical (unpaired) electrons. The van der Waals surface area contributed by atoms with Crippen LogP contribution in [0.5, 0.6) is 0 Å². The van der Waals surface area contributed by atoms with Gasteiger partial charge in [0.1, 0.15) is 0 Å². The van der Waals surface area contributed by atoms with Crippen LogP contribution in [-0.2, 0) is 4.79 Å². The number of nitrogens with zero attached hydrogens (tertiary/aromatic N) is 6. The summed E-state index contributed by atoms with van der Waals surface area (Å²) in [6.07, 6.45) is 0. The Balaban J connectivity index is 2.22. The molecular weight excluding hydrogens is 432 g/mol. The molecule has 137 valence electrons. The van der Waals surface area contributed by atoms with Gasteiger partial charge in [-0.3, -0.25) is 9.69 Å². The van der Waals surface area contributed by atoms with Crippen LogP contribution in [0.3, 0.4) is 0 Å². The molecule has 1 atom stereocenters. The van der Waals surface area contributed by atoms with Crippen molar-refractivity contribution in [2.75, 3.05) is 49.6 Å². The number of alkyl halides is 1. The number of anilines is 2. The zero-order valence-corrected chi connectivity index (χ0v) is 17.5. The van der Waals surface area contributed by atoms with Crippen molar-refractivity contribution in [2.45, 2.75) is 30.6 Å². The highest BCUT2D eigenvalue weighted by molar-refractivity contribution is 14.1. The molecule has 2 rings (SSSR count). The summed E-state index contributed by atoms with van der Waals surface area (Å²) in [6.45, 7) is 10.3. The average Bonchev–Trinajstić information content (AvgIpc) is 2.53. The molecule has 1 unspecified atom stereocenters. The van der Waals surface area contributed by atoms with Crippen LogP contribution in [0.15, 0.2) is 0 Å². The average molecular weight is 458 g/mol. The fraction of sp³-hybridized carbons (Fsp3) is 0.733. The molecule has 1 aromatic heterocycles. The van der Waals surface area contributed by atoms with E-state index in [1.54, 1.807) is 11.9 Å². The third kappa shape index (κ3) is 5.94. The van der Waals surface area contributed by atoms with Crippen LogP contribution in [0, 0.1) is 0 Å². The first-order valence-electron chi connectivity index (χ1n) is 8.49. The predicted molar refractivity (Wildman–Crippen MR) is 110 cm³/mol. The summed E-state index contributed by atoms with van der Waals surface area (Å²) in [6, 6.07) is 0.543. The van der Waals surface area contributed by atoms with Gasteiger partial charge in [0.15, 0.2) is 0 Å². The van der Waals surface area contributed by atoms with Crippen molar-refractivity contribution in [3.8, 4) is 0 Å². The molecule has 1 aliphatic rings. The molecule has 2 heterocycles. The van der Waals surface area contributed by atoms with Crippen LogP contribution in [0.2, 0.25) is 0 Å². The van der Waals surface area contributed by atoms with Crippen LogP contribution in [-0.4, -0.2) is 82.7 Å². The Hall–Kier alpha value is -1.17. The van der Waals surface area contributed by atoms with Crippen LogP contribution in [0.4, 0.5) is 11.9 Å². The number of rotatable bonds is 7. The third-order valence-electron chi connectivity index (χ3n) is 4.07. The summed E-state index contributed by atoms with van der Waals surface area (Å²) < 4.78 is 0.292. The highest BCUT2D eigenvalue weighted by atomic mass is 127. The molecule has 0 aromatic carbocycles. The van der Waals surface area contributed by atoms with E-state index < -0.39 is 5.91 Å². The molecule has 2 N–H and O–H groups in total. The number of hydrogen-bond donors (Lipinski definition) is 1. The van der Waals surface area contributed by atoms with Gasteiger partial charge in [-0.2, -0.15) is 4.98 Å². The van der Waals surface area contributed by atoms with Crippen molar-refractivity contribution in [3.05, 3.63) is 0 Å². The van der Waals surface area contributed by atoms with Crippen LogP contribution in [0.25, 0.3) is 0 Å². The fourth-order valence-electron chi connectivity index (χ4n) is 2.70. The molecule has 8 nitrogen and oxygen atoms in total. The lowest BCUT2D eigenvalue weighted by Crippen LogP contribution is -2.50. The molecule has 0 bridgehead atoms. The monoisotopic (exact) mass is 458 g/mol. The zero-order valence-electron chi connectivity index (χ0n) is 15.3. The molecule has 1 saturated heterocycles. The molecule has 1 aromatic rings. The van der Waals surface area contributed by atoms with E-state index in [0.717, 1.165) is 26.2 Å². The Morgan fingerprint density at radius 2 is 1.88 bits per heavy atom. The van der Waals surface area contributed by atoms with Crippen LogP contribution in [0.1, 0.15) is 20.8 Å². The number of hydrogen-bond acceptors (Lipinski definition) is 7. The van der Waals surface area contributed by atoms with Crippen LogP contribution >= 0.6 is 22.6 Å². The maximum absolute atomic E-state index is 11.2. The highest BCUT2D eigenvalue weighted by Crippen LogP contribution is 2.14. The largest absolute Gasteiger partial charge is 0.368 e. The van der Waals surface area contributed by atoms with Crippen molar-refractivity contribution in [1.29, 1.82) is 0 Å². The van der Waals surface area contributed by atoms with Gasteiger partial charge in [-0.25, -0.2) is 9.97 Å². The van der Waals surface area contributed by atoms with Crippen molar-refractivity contribution in [2.24, 2.45) is 5.73 Å². The number of carbonyl (C=O) groups is 1. The van der Waals surface area contributed by atoms with Gasteiger partial charge < -0.3 is 15.5 Å². The topological polar surface area (TPSA) is 91.5 Å². The zero-order chi connectivity index (χ0) is 18.6. The molecule has 0 aliphatic carbocycles. The van der Waals surface area contributed by atoms with Crippen molar-refractivity contribution >= 4 is 53.4 Å². The van der Waals surface area contributed by atoms with Gasteiger partial charge in [0.2, 0.25) is 25.1 Å². The van der Waals surface area contributed by atoms with Gasteiger partial charge in [0, 0.05) is 39.3 Å². The van der Waals surface area contributed by atoms with Gasteiger partial charge in [-0.15, -0.1) is 0 Å². The molecule has 0 saturated carbocycles. The lowest BCUT2D eigenvalue weighted by molar-refractivity contribution is -0.116. The van der Waals surface area contributed by atoms with E-state index in [9.17, 15) is 4.79 Å². The summed E-state index contributed by atoms with van der Waals surface area (Å²) >= 11 is 2.31. The van der Waals surface area contributed by atoms with Gasteiger partial charge in [-0.05, 0) is 17.7 Å². The van der Waals surface area contributed by atoms with E-state index in [0.29, 0.717) is 27.5 Å². The molecule has 1 fully saturated rings. The smallest absolute Gasteiger partial charge is 0.237 e. The van der Waals surface area contributed by atoms with E-state index in [-0.39, 0.29) is 6.54 Å². The Morgan fingerprint density at radius 1 is 1.24 bits per heavy atom. The van der Waals surface area contributed by atoms with Crippen molar-refractivity contribution < 1.29 is 4.79 Å². The summed E-state index contributed by atoms with van der Waals surface area (Å²) in [5.41, 5.74) is 5.93. The second-order valence-corrected chi connectivity index (χ2v) is 8.54. The standard InChI is InChI=1S/C15H26BIN7O/c1-10(2)23-5-7-24(8-6-23)15-20-13(16-11(3)17)19-14(21-15)22(4)9-12(18)25/h10-11H,5-9H2,1-4H3,(H2,18,25). The quantitative estimate of drug-likeness (QED) is 0.333. The number of amides is 1. The SMILES string of the molecule is CC(I)[B]c1nc(N(C)CC(N)=O)nc(N2CCN(C(C)C)CC2)n1. The molecule has 10 heteroatoms. The summed E-state index contributed by atoms with van der Waals surface area (Å²) in [7, 11) is 3.75. The van der Waals surface area contributed by atoms with Gasteiger partial charge in [-0.1, -0.05) is 29.5 Å². The Kier molecular flexibility index (Phi) is 7.23. The van der Waals surface area contributed by atoms with Crippen molar-refractivity contribution in [1.82, 2.24) is 19.9 Å². The Morgan fingerprint density at radius 3 is 2.40 bits per heavy atom. The minimum Gasteiger partial charge on any atom is -0.368 e. The number of piperazine rings is 1. The van der Waals surface area contributed by atoms with Crippen molar-refractivity contribution in [3.63, 3.8) is 0 Å². The lowest BCUT2D eigenvalue weighted by Gasteiger charge is -2.37. The second-order valence-electron chi connectivity index (χ2n) is 6.58. The summed E-state index contributed by atoms with van der Waals surface area (Å²) in [5.74, 6) is 0.717. The van der Waals surface area contributed by atoms with E-state index in [4.69, 9.17) is 5.73 Å². The Labute approximate surface area is 163 Å². The minimum absolute atomic E-state index is 0.0732. The van der Waals surface area contributed by atoms with Crippen LogP contribution < -0.4 is 21.3 Å². The lowest BCUT2D eigenvalue weighted by atomic mass is 9.74. The summed E-state index contributed by atoms with van der Waals surface area (Å²) in [5, 5.41) is 0. The molecule has 0 spiro atoms. The molecule has 1 aliphatic heterocycles. The van der Waals surface area contributed by atoms with E-state index in [1.807, 2.05) is 7.28 Å². The number of aromatic nitrogens is 3. The van der Waals surface area contributed by atoms with Gasteiger partial charge >= 0.3 is 0 Å². The van der Waals surface area contributed by atoms with E-state index in [2.05, 4.69) is 68.1 Å². The summed E-state index contributed by atoms with van der Waals surface area (Å²) in [4.78, 5) is 31.1. The minimum atomic E-state index is -0.414. The first-order chi connectivity index (χ1) is 11.8. The first-order valence-corrected chi connectivity index (χ1v) is 9.74. The van der Waals surface area contributed by atoms with Gasteiger partial charge in [0.25, 0.3) is 0 Å². The number of halogens is 1. The molecule has 1 amide bonds. The molecular formula is C15H26BIN7O. The normalized spacial score (nSPS) is 16.8. The Bertz CT molecular complexity index is 593. The first kappa shape index (κ1) is 20.2. The number of likely N-dealkylation sites (N-methyl/N-ethyl adjacent to an activating group) is 1. The fourth-order valence-corrected chi connectivity index (χ4v) is 3.03. The maximum atomic E-state index is 11.2. The number of carbonyl (C=O) groups excluding carboxylic acids is 1. The van der Waals surface area contributed by atoms with E-state index in [1.165, 1.54) is 0 Å².